The molecule has 0 aliphatic carbocycles. The molecule has 1 aromatic rings. The van der Waals surface area contributed by atoms with Gasteiger partial charge in [0.15, 0.2) is 0 Å². The highest BCUT2D eigenvalue weighted by Gasteiger charge is 2.22. The summed E-state index contributed by atoms with van der Waals surface area (Å²) < 4.78 is 0. The molecule has 20 heavy (non-hydrogen) atoms. The third-order valence-electron chi connectivity index (χ3n) is 3.17. The van der Waals surface area contributed by atoms with Gasteiger partial charge in [0, 0.05) is 35.9 Å². The highest BCUT2D eigenvalue weighted by molar-refractivity contribution is 6.32. The van der Waals surface area contributed by atoms with E-state index in [2.05, 4.69) is 10.2 Å². The van der Waals surface area contributed by atoms with Gasteiger partial charge >= 0.3 is 0 Å². The minimum absolute atomic E-state index is 0.0952. The molecule has 0 spiro atoms. The van der Waals surface area contributed by atoms with Crippen LogP contribution in [0.4, 0.5) is 0 Å². The van der Waals surface area contributed by atoms with Crippen LogP contribution in [0.2, 0.25) is 5.02 Å². The van der Waals surface area contributed by atoms with Crippen molar-refractivity contribution in [2.75, 3.05) is 26.7 Å². The Hall–Kier alpha value is -1.85. The molecule has 0 atom stereocenters. The van der Waals surface area contributed by atoms with Crippen LogP contribution in [0.1, 0.15) is 5.56 Å². The van der Waals surface area contributed by atoms with Crippen LogP contribution in [0.3, 0.4) is 0 Å². The molecule has 6 heteroatoms. The Morgan fingerprint density at radius 3 is 2.85 bits per heavy atom. The van der Waals surface area contributed by atoms with Crippen molar-refractivity contribution in [3.63, 3.8) is 0 Å². The number of piperazine rings is 1. The molecule has 1 aliphatic heterocycles. The van der Waals surface area contributed by atoms with Gasteiger partial charge in [-0.25, -0.2) is 0 Å². The first-order valence-electron chi connectivity index (χ1n) is 6.29. The van der Waals surface area contributed by atoms with Crippen LogP contribution in [-0.4, -0.2) is 43.2 Å². The Morgan fingerprint density at radius 2 is 2.25 bits per heavy atom. The lowest BCUT2D eigenvalue weighted by Crippen LogP contribution is -2.42. The zero-order valence-electron chi connectivity index (χ0n) is 11.2. The summed E-state index contributed by atoms with van der Waals surface area (Å²) in [6.07, 6.45) is 0. The Kier molecular flexibility index (Phi) is 4.42. The van der Waals surface area contributed by atoms with E-state index >= 15 is 0 Å². The second-order valence-electron chi connectivity index (χ2n) is 4.77. The van der Waals surface area contributed by atoms with E-state index in [9.17, 15) is 4.79 Å². The van der Waals surface area contributed by atoms with Gasteiger partial charge in [-0.2, -0.15) is 0 Å². The summed E-state index contributed by atoms with van der Waals surface area (Å²) in [5.41, 5.74) is 7.05. The lowest BCUT2D eigenvalue weighted by Gasteiger charge is -2.28. The van der Waals surface area contributed by atoms with Gasteiger partial charge in [0.1, 0.15) is 0 Å². The second kappa shape index (κ2) is 6.07. The standard InChI is InChI=1S/C14H17ClN4O/c1-19-6-5-18-11(8-19)12(14(17)20)13(16)9-3-2-4-10(15)7-9/h2-4,7,16,18H,5-6,8H2,1H3,(H2,17,20)/b12-11+,16-13?. The molecule has 1 amide bonds. The number of nitrogens with zero attached hydrogens (tertiary/aromatic N) is 1. The predicted molar refractivity (Wildman–Crippen MR) is 80.0 cm³/mol. The third kappa shape index (κ3) is 3.18. The minimum atomic E-state index is -0.604. The topological polar surface area (TPSA) is 82.2 Å². The van der Waals surface area contributed by atoms with Crippen molar-refractivity contribution in [3.05, 3.63) is 46.1 Å². The van der Waals surface area contributed by atoms with Gasteiger partial charge in [0.2, 0.25) is 0 Å². The summed E-state index contributed by atoms with van der Waals surface area (Å²) in [5.74, 6) is -0.604. The average Bonchev–Trinajstić information content (AvgIpc) is 2.38. The molecule has 0 unspecified atom stereocenters. The Balaban J connectivity index is 2.41. The SMILES string of the molecule is CN1CCN/C(=C(\C(=N)c2cccc(Cl)c2)C(N)=O)C1. The molecule has 1 heterocycles. The van der Waals surface area contributed by atoms with Gasteiger partial charge in [-0.1, -0.05) is 23.7 Å². The predicted octanol–water partition coefficient (Wildman–Crippen LogP) is 0.982. The number of nitrogens with one attached hydrogen (secondary N) is 2. The van der Waals surface area contributed by atoms with E-state index in [1.807, 2.05) is 7.05 Å². The van der Waals surface area contributed by atoms with Crippen LogP contribution in [0.5, 0.6) is 0 Å². The summed E-state index contributed by atoms with van der Waals surface area (Å²) in [6.45, 7) is 2.19. The highest BCUT2D eigenvalue weighted by Crippen LogP contribution is 2.17. The van der Waals surface area contributed by atoms with Gasteiger partial charge in [-0.3, -0.25) is 15.1 Å². The zero-order valence-corrected chi connectivity index (χ0v) is 12.0. The maximum absolute atomic E-state index is 11.7. The van der Waals surface area contributed by atoms with E-state index in [1.54, 1.807) is 24.3 Å². The van der Waals surface area contributed by atoms with Crippen LogP contribution in [0.15, 0.2) is 35.5 Å². The van der Waals surface area contributed by atoms with E-state index < -0.39 is 5.91 Å². The van der Waals surface area contributed by atoms with E-state index in [4.69, 9.17) is 22.7 Å². The van der Waals surface area contributed by atoms with E-state index in [-0.39, 0.29) is 11.3 Å². The number of primary amides is 1. The molecule has 0 radical (unpaired) electrons. The number of nitrogens with two attached hydrogens (primary N) is 1. The molecule has 1 aliphatic rings. The summed E-state index contributed by atoms with van der Waals surface area (Å²) in [6, 6.07) is 6.86. The molecule has 1 aromatic carbocycles. The Bertz CT molecular complexity index is 582. The lowest BCUT2D eigenvalue weighted by molar-refractivity contribution is -0.114. The van der Waals surface area contributed by atoms with E-state index in [1.165, 1.54) is 0 Å². The molecule has 0 bridgehead atoms. The Morgan fingerprint density at radius 1 is 1.50 bits per heavy atom. The average molecular weight is 293 g/mol. The molecule has 0 saturated carbocycles. The molecule has 106 valence electrons. The maximum atomic E-state index is 11.7. The van der Waals surface area contributed by atoms with Crippen molar-refractivity contribution in [3.8, 4) is 0 Å². The van der Waals surface area contributed by atoms with E-state index in [0.717, 1.165) is 13.1 Å². The van der Waals surface area contributed by atoms with Gasteiger partial charge in [-0.05, 0) is 19.2 Å². The molecule has 2 rings (SSSR count). The summed E-state index contributed by atoms with van der Waals surface area (Å²) in [7, 11) is 1.96. The van der Waals surface area contributed by atoms with E-state index in [0.29, 0.717) is 22.8 Å². The smallest absolute Gasteiger partial charge is 0.252 e. The fourth-order valence-electron chi connectivity index (χ4n) is 2.18. The summed E-state index contributed by atoms with van der Waals surface area (Å²) in [5, 5.41) is 11.9. The number of carbonyl (C=O) groups is 1. The number of hydrogen-bond donors (Lipinski definition) is 3. The number of hydrogen-bond acceptors (Lipinski definition) is 4. The molecular weight excluding hydrogens is 276 g/mol. The monoisotopic (exact) mass is 292 g/mol. The third-order valence-corrected chi connectivity index (χ3v) is 3.41. The Labute approximate surface area is 122 Å². The molecule has 4 N–H and O–H groups in total. The maximum Gasteiger partial charge on any atom is 0.252 e. The number of halogens is 1. The lowest BCUT2D eigenvalue weighted by atomic mass is 9.99. The van der Waals surface area contributed by atoms with Crippen LogP contribution in [-0.2, 0) is 4.79 Å². The summed E-state index contributed by atoms with van der Waals surface area (Å²) >= 11 is 5.93. The minimum Gasteiger partial charge on any atom is -0.385 e. The van der Waals surface area contributed by atoms with Crippen LogP contribution in [0, 0.1) is 5.41 Å². The first-order valence-corrected chi connectivity index (χ1v) is 6.67. The van der Waals surface area contributed by atoms with Crippen molar-refractivity contribution in [1.82, 2.24) is 10.2 Å². The van der Waals surface area contributed by atoms with Crippen molar-refractivity contribution in [2.45, 2.75) is 0 Å². The molecule has 0 aromatic heterocycles. The first-order chi connectivity index (χ1) is 9.49. The fraction of sp³-hybridized carbons (Fsp3) is 0.286. The first kappa shape index (κ1) is 14.6. The molecule has 1 saturated heterocycles. The molecule has 1 fully saturated rings. The number of amides is 1. The molecule has 5 nitrogen and oxygen atoms in total. The van der Waals surface area contributed by atoms with Gasteiger partial charge in [-0.15, -0.1) is 0 Å². The number of carbonyl (C=O) groups excluding carboxylic acids is 1. The van der Waals surface area contributed by atoms with Crippen molar-refractivity contribution < 1.29 is 4.79 Å². The number of benzene rings is 1. The van der Waals surface area contributed by atoms with Crippen LogP contribution in [0.25, 0.3) is 0 Å². The normalized spacial score (nSPS) is 18.3. The van der Waals surface area contributed by atoms with Crippen molar-refractivity contribution in [2.24, 2.45) is 5.73 Å². The van der Waals surface area contributed by atoms with Crippen LogP contribution >= 0.6 is 11.6 Å². The highest BCUT2D eigenvalue weighted by atomic mass is 35.5. The van der Waals surface area contributed by atoms with Gasteiger partial charge in [0.25, 0.3) is 5.91 Å². The van der Waals surface area contributed by atoms with Crippen molar-refractivity contribution >= 4 is 23.2 Å². The molecular formula is C14H17ClN4O. The second-order valence-corrected chi connectivity index (χ2v) is 5.20. The summed E-state index contributed by atoms with van der Waals surface area (Å²) in [4.78, 5) is 13.8. The number of likely N-dealkylation sites (N-methyl/N-ethyl adjacent to an activating group) is 1. The fourth-order valence-corrected chi connectivity index (χ4v) is 2.37. The quantitative estimate of drug-likeness (QED) is 0.574. The number of rotatable bonds is 3. The zero-order chi connectivity index (χ0) is 14.7. The van der Waals surface area contributed by atoms with Crippen molar-refractivity contribution in [1.29, 1.82) is 5.41 Å². The largest absolute Gasteiger partial charge is 0.385 e. The van der Waals surface area contributed by atoms with Crippen LogP contribution < -0.4 is 11.1 Å². The van der Waals surface area contributed by atoms with Gasteiger partial charge in [0.05, 0.1) is 11.3 Å². The van der Waals surface area contributed by atoms with Gasteiger partial charge < -0.3 is 11.1 Å².